The Kier molecular flexibility index (Phi) is 31.7. The molecule has 0 bridgehead atoms. The molecule has 4 aliphatic rings. The summed E-state index contributed by atoms with van der Waals surface area (Å²) in [5.41, 5.74) is 0. The van der Waals surface area contributed by atoms with E-state index in [2.05, 4.69) is 46.3 Å². The van der Waals surface area contributed by atoms with Crippen molar-refractivity contribution in [1.29, 1.82) is 0 Å². The standard InChI is InChI=1S/C15H27NO3.C13H23NO3.C11H19NO3.C10H17NO3/c1-3-5-7-8-10-19-15(18)13-11-14(17)16(12-13)9-6-4-2;1-3-5-7-14-10-11(9-12(14)15)13(16)17-8-6-4-2;1-3-5-6-12-8-9(7-10(12)13)11(14)15-4-2;1-3-4-5-11-7-8(6-9(11)12)10(13)14-2/h13H,3-12H2,1-2H3;11H,3-10H2,1-2H3;9H,3-8H2,1-2H3;8H,3-7H2,1-2H3. The van der Waals surface area contributed by atoms with E-state index in [1.807, 2.05) is 0 Å². The number of likely N-dealkylation sites (tertiary alicyclic amines) is 4. The number of carbonyl (C=O) groups excluding carboxylic acids is 8. The highest BCUT2D eigenvalue weighted by Gasteiger charge is 2.37. The van der Waals surface area contributed by atoms with Gasteiger partial charge >= 0.3 is 23.9 Å². The molecule has 0 aliphatic carbocycles. The van der Waals surface area contributed by atoms with Gasteiger partial charge in [0.15, 0.2) is 0 Å². The summed E-state index contributed by atoms with van der Waals surface area (Å²) >= 11 is 0. The van der Waals surface area contributed by atoms with Crippen molar-refractivity contribution in [2.45, 2.75) is 164 Å². The Labute approximate surface area is 390 Å². The van der Waals surface area contributed by atoms with Crippen LogP contribution in [0.15, 0.2) is 0 Å². The van der Waals surface area contributed by atoms with Crippen molar-refractivity contribution >= 4 is 47.5 Å². The molecule has 0 radical (unpaired) electrons. The highest BCUT2D eigenvalue weighted by atomic mass is 16.5. The molecule has 4 amide bonds. The van der Waals surface area contributed by atoms with Gasteiger partial charge in [-0.05, 0) is 45.4 Å². The molecule has 0 aromatic carbocycles. The Balaban J connectivity index is 0.000000436. The molecular formula is C49H86N4O12. The van der Waals surface area contributed by atoms with E-state index in [1.54, 1.807) is 26.5 Å². The molecule has 0 N–H and O–H groups in total. The van der Waals surface area contributed by atoms with E-state index in [4.69, 9.17) is 14.2 Å². The van der Waals surface area contributed by atoms with Crippen LogP contribution in [0.5, 0.6) is 0 Å². The van der Waals surface area contributed by atoms with Crippen molar-refractivity contribution in [2.75, 3.05) is 79.3 Å². The van der Waals surface area contributed by atoms with E-state index >= 15 is 0 Å². The number of unbranched alkanes of at least 4 members (excludes halogenated alkanes) is 8. The number of ether oxygens (including phenoxy) is 4. The van der Waals surface area contributed by atoms with Crippen LogP contribution in [0.25, 0.3) is 0 Å². The van der Waals surface area contributed by atoms with Crippen molar-refractivity contribution in [1.82, 2.24) is 19.6 Å². The van der Waals surface area contributed by atoms with Gasteiger partial charge in [0, 0.05) is 78.0 Å². The maximum Gasteiger partial charge on any atom is 0.311 e. The molecule has 4 saturated heterocycles. The molecule has 65 heavy (non-hydrogen) atoms. The Morgan fingerprint density at radius 1 is 0.400 bits per heavy atom. The van der Waals surface area contributed by atoms with Crippen LogP contribution < -0.4 is 0 Å². The summed E-state index contributed by atoms with van der Waals surface area (Å²) in [4.78, 5) is 99.5. The van der Waals surface area contributed by atoms with E-state index in [0.29, 0.717) is 71.7 Å². The second kappa shape index (κ2) is 35.0. The first-order valence-corrected chi connectivity index (χ1v) is 24.9. The lowest BCUT2D eigenvalue weighted by Crippen LogP contribution is -2.27. The summed E-state index contributed by atoms with van der Waals surface area (Å²) < 4.78 is 19.9. The van der Waals surface area contributed by atoms with Crippen molar-refractivity contribution in [2.24, 2.45) is 23.7 Å². The van der Waals surface area contributed by atoms with Crippen LogP contribution in [0, 0.1) is 23.7 Å². The quantitative estimate of drug-likeness (QED) is 0.0534. The van der Waals surface area contributed by atoms with Crippen LogP contribution in [0.3, 0.4) is 0 Å². The minimum atomic E-state index is -0.266. The SMILES string of the molecule is CCCCCCOC(=O)C1CC(=O)N(CCCC)C1.CCCCN1CC(C(=O)OC)CC1=O.CCCCN1CC(C(=O)OCC)CC1=O.CCCCOC(=O)C1CC(=O)N(CCCC)C1. The van der Waals surface area contributed by atoms with Crippen molar-refractivity contribution < 1.29 is 57.3 Å². The predicted octanol–water partition coefficient (Wildman–Crippen LogP) is 6.74. The minimum absolute atomic E-state index is 0.0776. The molecule has 16 heteroatoms. The Hall–Kier alpha value is -4.24. The molecule has 0 spiro atoms. The maximum absolute atomic E-state index is 11.8. The third kappa shape index (κ3) is 23.2. The van der Waals surface area contributed by atoms with Gasteiger partial charge in [-0.15, -0.1) is 0 Å². The monoisotopic (exact) mass is 923 g/mol. The largest absolute Gasteiger partial charge is 0.469 e. The second-order valence-electron chi connectivity index (χ2n) is 17.4. The molecule has 4 fully saturated rings. The first kappa shape index (κ1) is 58.8. The summed E-state index contributed by atoms with van der Waals surface area (Å²) in [6.07, 6.45) is 15.9. The number of amides is 4. The van der Waals surface area contributed by atoms with Gasteiger partial charge in [0.2, 0.25) is 23.6 Å². The Morgan fingerprint density at radius 2 is 0.692 bits per heavy atom. The zero-order valence-corrected chi connectivity index (χ0v) is 41.5. The van der Waals surface area contributed by atoms with Crippen LogP contribution >= 0.6 is 0 Å². The molecule has 16 nitrogen and oxygen atoms in total. The molecule has 4 atom stereocenters. The van der Waals surface area contributed by atoms with Crippen molar-refractivity contribution in [3.05, 3.63) is 0 Å². The smallest absolute Gasteiger partial charge is 0.311 e. The summed E-state index contributed by atoms with van der Waals surface area (Å²) in [6, 6.07) is 0. The van der Waals surface area contributed by atoms with Gasteiger partial charge in [0.25, 0.3) is 0 Å². The van der Waals surface area contributed by atoms with Gasteiger partial charge in [-0.1, -0.05) is 92.9 Å². The first-order chi connectivity index (χ1) is 31.2. The van der Waals surface area contributed by atoms with Crippen LogP contribution in [-0.4, -0.2) is 146 Å². The molecule has 4 unspecified atom stereocenters. The zero-order valence-electron chi connectivity index (χ0n) is 41.5. The van der Waals surface area contributed by atoms with Crippen LogP contribution in [0.2, 0.25) is 0 Å². The Bertz CT molecular complexity index is 1440. The third-order valence-corrected chi connectivity index (χ3v) is 11.8. The average Bonchev–Trinajstić information content (AvgIpc) is 4.08. The fourth-order valence-electron chi connectivity index (χ4n) is 7.66. The highest BCUT2D eigenvalue weighted by Crippen LogP contribution is 2.23. The first-order valence-electron chi connectivity index (χ1n) is 24.9. The molecule has 374 valence electrons. The lowest BCUT2D eigenvalue weighted by atomic mass is 10.1. The summed E-state index contributed by atoms with van der Waals surface area (Å²) in [5, 5.41) is 0. The van der Waals surface area contributed by atoms with Gasteiger partial charge in [0.05, 0.1) is 50.6 Å². The van der Waals surface area contributed by atoms with Gasteiger partial charge in [0.1, 0.15) is 0 Å². The number of hydrogen-bond acceptors (Lipinski definition) is 12. The number of methoxy groups -OCH3 is 1. The number of carbonyl (C=O) groups is 8. The van der Waals surface area contributed by atoms with E-state index in [9.17, 15) is 38.4 Å². The fourth-order valence-corrected chi connectivity index (χ4v) is 7.66. The predicted molar refractivity (Wildman–Crippen MR) is 248 cm³/mol. The fraction of sp³-hybridized carbons (Fsp3) is 0.837. The van der Waals surface area contributed by atoms with E-state index in [0.717, 1.165) is 103 Å². The highest BCUT2D eigenvalue weighted by molar-refractivity contribution is 5.88. The van der Waals surface area contributed by atoms with Crippen LogP contribution in [0.4, 0.5) is 0 Å². The number of esters is 4. The van der Waals surface area contributed by atoms with Gasteiger partial charge in [-0.25, -0.2) is 0 Å². The molecule has 0 aromatic rings. The molecule has 0 saturated carbocycles. The zero-order chi connectivity index (χ0) is 48.6. The maximum atomic E-state index is 11.8. The van der Waals surface area contributed by atoms with Crippen LogP contribution in [0.1, 0.15) is 164 Å². The summed E-state index contributed by atoms with van der Waals surface area (Å²) in [6.45, 7) is 21.0. The topological polar surface area (TPSA) is 186 Å². The number of hydrogen-bond donors (Lipinski definition) is 0. The van der Waals surface area contributed by atoms with Crippen LogP contribution in [-0.2, 0) is 57.3 Å². The molecule has 0 aromatic heterocycles. The average molecular weight is 923 g/mol. The Morgan fingerprint density at radius 3 is 0.985 bits per heavy atom. The lowest BCUT2D eigenvalue weighted by Gasteiger charge is -2.15. The molecular weight excluding hydrogens is 837 g/mol. The molecule has 4 aliphatic heterocycles. The van der Waals surface area contributed by atoms with Gasteiger partial charge in [-0.2, -0.15) is 0 Å². The number of nitrogens with zero attached hydrogens (tertiary/aromatic N) is 4. The second-order valence-corrected chi connectivity index (χ2v) is 17.4. The van der Waals surface area contributed by atoms with Gasteiger partial charge < -0.3 is 38.5 Å². The molecule has 4 heterocycles. The van der Waals surface area contributed by atoms with E-state index < -0.39 is 0 Å². The van der Waals surface area contributed by atoms with Gasteiger partial charge in [-0.3, -0.25) is 38.4 Å². The van der Waals surface area contributed by atoms with E-state index in [1.165, 1.54) is 20.0 Å². The minimum Gasteiger partial charge on any atom is -0.469 e. The van der Waals surface area contributed by atoms with E-state index in [-0.39, 0.29) is 71.2 Å². The summed E-state index contributed by atoms with van der Waals surface area (Å²) in [5.74, 6) is -1.50. The number of rotatable bonds is 25. The normalized spacial score (nSPS) is 20.1. The third-order valence-electron chi connectivity index (χ3n) is 11.8. The van der Waals surface area contributed by atoms with Crippen molar-refractivity contribution in [3.63, 3.8) is 0 Å². The lowest BCUT2D eigenvalue weighted by molar-refractivity contribution is -0.149. The summed E-state index contributed by atoms with van der Waals surface area (Å²) in [7, 11) is 1.36. The van der Waals surface area contributed by atoms with Crippen molar-refractivity contribution in [3.8, 4) is 0 Å². The molecule has 4 rings (SSSR count).